The summed E-state index contributed by atoms with van der Waals surface area (Å²) < 4.78 is 36.1. The van der Waals surface area contributed by atoms with Gasteiger partial charge in [-0.1, -0.05) is 55.4 Å². The van der Waals surface area contributed by atoms with Crippen LogP contribution in [0.2, 0.25) is 11.6 Å². The van der Waals surface area contributed by atoms with Crippen LogP contribution in [0.1, 0.15) is 75.2 Å². The van der Waals surface area contributed by atoms with Crippen molar-refractivity contribution in [3.05, 3.63) is 0 Å². The Kier molecular flexibility index (Phi) is 6.60. The Morgan fingerprint density at radius 3 is 1.92 bits per heavy atom. The molecule has 0 aromatic carbocycles. The predicted molar refractivity (Wildman–Crippen MR) is 107 cm³/mol. The van der Waals surface area contributed by atoms with E-state index in [9.17, 15) is 8.63 Å². The van der Waals surface area contributed by atoms with Crippen LogP contribution in [0.15, 0.2) is 0 Å². The summed E-state index contributed by atoms with van der Waals surface area (Å²) in [5.41, 5.74) is 0.413. The van der Waals surface area contributed by atoms with Gasteiger partial charge in [0.15, 0.2) is 0 Å². The van der Waals surface area contributed by atoms with E-state index in [0.29, 0.717) is 29.2 Å². The van der Waals surface area contributed by atoms with Gasteiger partial charge in [-0.3, -0.25) is 8.63 Å². The molecule has 1 aliphatic heterocycles. The van der Waals surface area contributed by atoms with Crippen LogP contribution in [-0.2, 0) is 9.31 Å². The summed E-state index contributed by atoms with van der Waals surface area (Å²) in [6.07, 6.45) is 2.87. The molecule has 2 unspecified atom stereocenters. The van der Waals surface area contributed by atoms with Gasteiger partial charge in [0.2, 0.25) is 0 Å². The minimum atomic E-state index is -2.16. The van der Waals surface area contributed by atoms with Gasteiger partial charge in [-0.2, -0.15) is 0 Å². The van der Waals surface area contributed by atoms with Gasteiger partial charge in [0, 0.05) is 5.82 Å². The molecule has 26 heavy (non-hydrogen) atoms. The Hall–Kier alpha value is -0.0901. The first kappa shape index (κ1) is 22.2. The van der Waals surface area contributed by atoms with Crippen LogP contribution >= 0.6 is 0 Å². The second-order valence-corrected chi connectivity index (χ2v) is 10.4. The van der Waals surface area contributed by atoms with E-state index in [2.05, 4.69) is 41.5 Å². The SMILES string of the molecule is CC(C)[C@@H](C)B(F)F.CC(C)[C@@H](C)B1O[C@@H]2CC3CC(C3(C)C)[C@]2(C)O1. The standard InChI is InChI=1S/C15H27BO2.C5H11BF2/c1-9(2)10(3)16-17-13-8-11-7-12(14(11,4)5)15(13,6)18-16;1-4(2)5(3)6(7)8/h9-13H,7-8H2,1-6H3;4-5H,1-3H3/t10-,11?,12?,13-,15+;5-/m11/s1. The van der Waals surface area contributed by atoms with Gasteiger partial charge >= 0.3 is 14.4 Å². The number of rotatable bonds is 4. The van der Waals surface area contributed by atoms with Gasteiger partial charge < -0.3 is 9.31 Å². The van der Waals surface area contributed by atoms with Crippen LogP contribution in [0.25, 0.3) is 0 Å². The smallest absolute Gasteiger partial charge is 0.405 e. The molecule has 0 aromatic heterocycles. The quantitative estimate of drug-likeness (QED) is 0.547. The number of halogens is 2. The molecule has 0 spiro atoms. The van der Waals surface area contributed by atoms with E-state index in [-0.39, 0.29) is 18.6 Å². The van der Waals surface area contributed by atoms with E-state index in [1.54, 1.807) is 20.8 Å². The van der Waals surface area contributed by atoms with Crippen molar-refractivity contribution in [2.24, 2.45) is 29.1 Å². The normalized spacial score (nSPS) is 36.8. The molecule has 0 amide bonds. The first-order valence-electron chi connectivity index (χ1n) is 10.4. The maximum Gasteiger partial charge on any atom is 0.541 e. The highest BCUT2D eigenvalue weighted by Crippen LogP contribution is 2.66. The van der Waals surface area contributed by atoms with E-state index < -0.39 is 13.1 Å². The average molecular weight is 370 g/mol. The highest BCUT2D eigenvalue weighted by molar-refractivity contribution is 6.47. The largest absolute Gasteiger partial charge is 0.541 e. The Bertz CT molecular complexity index is 478. The lowest BCUT2D eigenvalue weighted by Gasteiger charge is -2.64. The van der Waals surface area contributed by atoms with Crippen LogP contribution in [0.3, 0.4) is 0 Å². The topological polar surface area (TPSA) is 18.5 Å². The van der Waals surface area contributed by atoms with Crippen LogP contribution < -0.4 is 0 Å². The number of hydrogen-bond acceptors (Lipinski definition) is 2. The molecule has 4 fully saturated rings. The van der Waals surface area contributed by atoms with Crippen molar-refractivity contribution in [1.82, 2.24) is 0 Å². The highest BCUT2D eigenvalue weighted by atomic mass is 19.2. The first-order chi connectivity index (χ1) is 11.8. The predicted octanol–water partition coefficient (Wildman–Crippen LogP) is 6.22. The monoisotopic (exact) mass is 370 g/mol. The molecule has 0 aromatic rings. The molecular weight excluding hydrogens is 332 g/mol. The molecule has 150 valence electrons. The first-order valence-corrected chi connectivity index (χ1v) is 10.4. The second kappa shape index (κ2) is 7.73. The van der Waals surface area contributed by atoms with Crippen molar-refractivity contribution in [1.29, 1.82) is 0 Å². The summed E-state index contributed by atoms with van der Waals surface area (Å²) in [4.78, 5) is 0. The Balaban J connectivity index is 0.000000260. The summed E-state index contributed by atoms with van der Waals surface area (Å²) in [6.45, 7) is 19.1. The molecule has 2 bridgehead atoms. The zero-order valence-corrected chi connectivity index (χ0v) is 18.2. The number of hydrogen-bond donors (Lipinski definition) is 0. The summed E-state index contributed by atoms with van der Waals surface area (Å²) in [6, 6.07) is 0. The van der Waals surface area contributed by atoms with E-state index in [4.69, 9.17) is 9.31 Å². The van der Waals surface area contributed by atoms with E-state index in [1.807, 2.05) is 0 Å². The molecule has 4 aliphatic rings. The third-order valence-corrected chi connectivity index (χ3v) is 7.90. The van der Waals surface area contributed by atoms with Gasteiger partial charge in [-0.15, -0.1) is 0 Å². The molecule has 3 aliphatic carbocycles. The molecule has 1 heterocycles. The molecule has 2 nitrogen and oxygen atoms in total. The third kappa shape index (κ3) is 3.87. The summed E-state index contributed by atoms with van der Waals surface area (Å²) in [5, 5.41) is 0. The fourth-order valence-corrected chi connectivity index (χ4v) is 4.73. The van der Waals surface area contributed by atoms with Crippen molar-refractivity contribution in [3.63, 3.8) is 0 Å². The van der Waals surface area contributed by atoms with Gasteiger partial charge in [0.05, 0.1) is 11.7 Å². The van der Waals surface area contributed by atoms with Crippen molar-refractivity contribution >= 4 is 14.4 Å². The minimum absolute atomic E-state index is 0.00940. The van der Waals surface area contributed by atoms with Gasteiger partial charge in [-0.25, -0.2) is 0 Å². The average Bonchev–Trinajstić information content (AvgIpc) is 2.90. The van der Waals surface area contributed by atoms with Crippen molar-refractivity contribution in [2.45, 2.75) is 98.5 Å². The van der Waals surface area contributed by atoms with Crippen LogP contribution in [0.5, 0.6) is 0 Å². The van der Waals surface area contributed by atoms with Crippen LogP contribution in [0.4, 0.5) is 8.63 Å². The van der Waals surface area contributed by atoms with Gasteiger partial charge in [0.25, 0.3) is 0 Å². The van der Waals surface area contributed by atoms with Crippen LogP contribution in [-0.4, -0.2) is 26.1 Å². The lowest BCUT2D eigenvalue weighted by atomic mass is 9.43. The maximum atomic E-state index is 11.7. The fraction of sp³-hybridized carbons (Fsp3) is 1.00. The van der Waals surface area contributed by atoms with Crippen molar-refractivity contribution in [3.8, 4) is 0 Å². The Morgan fingerprint density at radius 2 is 1.54 bits per heavy atom. The fourth-order valence-electron chi connectivity index (χ4n) is 4.73. The van der Waals surface area contributed by atoms with E-state index >= 15 is 0 Å². The molecular formula is C20H38B2F2O2. The third-order valence-electron chi connectivity index (χ3n) is 7.90. The molecule has 0 N–H and O–H groups in total. The Labute approximate surface area is 160 Å². The minimum Gasteiger partial charge on any atom is -0.405 e. The zero-order chi connectivity index (χ0) is 20.0. The molecule has 6 heteroatoms. The summed E-state index contributed by atoms with van der Waals surface area (Å²) >= 11 is 0. The molecule has 3 saturated carbocycles. The Morgan fingerprint density at radius 1 is 0.962 bits per heavy atom. The van der Waals surface area contributed by atoms with Crippen LogP contribution in [0, 0.1) is 29.1 Å². The van der Waals surface area contributed by atoms with Gasteiger partial charge in [0.1, 0.15) is 0 Å². The lowest BCUT2D eigenvalue weighted by Crippen LogP contribution is -2.65. The van der Waals surface area contributed by atoms with Gasteiger partial charge in [-0.05, 0) is 54.7 Å². The molecule has 1 saturated heterocycles. The van der Waals surface area contributed by atoms with E-state index in [1.165, 1.54) is 12.8 Å². The highest BCUT2D eigenvalue weighted by Gasteiger charge is 2.68. The second-order valence-electron chi connectivity index (χ2n) is 10.4. The van der Waals surface area contributed by atoms with Crippen molar-refractivity contribution in [2.75, 3.05) is 0 Å². The molecule has 6 atom stereocenters. The van der Waals surface area contributed by atoms with Crippen molar-refractivity contribution < 1.29 is 17.9 Å². The molecule has 0 radical (unpaired) electrons. The lowest BCUT2D eigenvalue weighted by molar-refractivity contribution is -0.199. The van der Waals surface area contributed by atoms with E-state index in [0.717, 1.165) is 5.92 Å². The summed E-state index contributed by atoms with van der Waals surface area (Å²) in [5.74, 6) is 2.25. The molecule has 4 rings (SSSR count). The summed E-state index contributed by atoms with van der Waals surface area (Å²) in [7, 11) is -2.15. The zero-order valence-electron chi connectivity index (χ0n) is 18.2. The maximum absolute atomic E-state index is 11.7.